The third kappa shape index (κ3) is 2.66. The summed E-state index contributed by atoms with van der Waals surface area (Å²) in [6.07, 6.45) is 0. The van der Waals surface area contributed by atoms with Gasteiger partial charge >= 0.3 is 0 Å². The number of azo groups is 1. The van der Waals surface area contributed by atoms with Gasteiger partial charge in [0.15, 0.2) is 5.75 Å². The third-order valence-corrected chi connectivity index (χ3v) is 3.32. The first kappa shape index (κ1) is 13.4. The Hall–Kier alpha value is -2.59. The zero-order valence-electron chi connectivity index (χ0n) is 10.9. The number of nitrogens with zero attached hydrogens (tertiary/aromatic N) is 2. The molecule has 0 heterocycles. The fourth-order valence-electron chi connectivity index (χ4n) is 2.01. The molecule has 0 atom stereocenters. The van der Waals surface area contributed by atoms with E-state index in [9.17, 15) is 10.2 Å². The number of hydrogen-bond acceptors (Lipinski definition) is 4. The Morgan fingerprint density at radius 2 is 1.57 bits per heavy atom. The molecule has 3 rings (SSSR count). The predicted molar refractivity (Wildman–Crippen MR) is 82.9 cm³/mol. The average Bonchev–Trinajstić information content (AvgIpc) is 2.50. The van der Waals surface area contributed by atoms with Crippen LogP contribution in [-0.4, -0.2) is 10.2 Å². The van der Waals surface area contributed by atoms with Gasteiger partial charge in [-0.15, -0.1) is 10.2 Å². The Labute approximate surface area is 126 Å². The molecule has 0 spiro atoms. The summed E-state index contributed by atoms with van der Waals surface area (Å²) in [6, 6.07) is 15.5. The van der Waals surface area contributed by atoms with Crippen molar-refractivity contribution in [1.82, 2.24) is 0 Å². The number of phenols is 2. The van der Waals surface area contributed by atoms with E-state index in [-0.39, 0.29) is 17.2 Å². The summed E-state index contributed by atoms with van der Waals surface area (Å²) >= 11 is 5.85. The lowest BCUT2D eigenvalue weighted by Crippen LogP contribution is -1.74. The lowest BCUT2D eigenvalue weighted by molar-refractivity contribution is 0.475. The third-order valence-electron chi connectivity index (χ3n) is 3.08. The van der Waals surface area contributed by atoms with E-state index in [0.29, 0.717) is 16.1 Å². The minimum absolute atomic E-state index is 0.0246. The van der Waals surface area contributed by atoms with Crippen LogP contribution in [0.25, 0.3) is 10.8 Å². The van der Waals surface area contributed by atoms with E-state index in [1.54, 1.807) is 18.2 Å². The van der Waals surface area contributed by atoms with Gasteiger partial charge < -0.3 is 10.2 Å². The maximum atomic E-state index is 10.2. The first-order valence-corrected chi connectivity index (χ1v) is 6.64. The maximum Gasteiger partial charge on any atom is 0.150 e. The molecule has 0 saturated carbocycles. The number of rotatable bonds is 2. The van der Waals surface area contributed by atoms with Crippen molar-refractivity contribution in [1.29, 1.82) is 0 Å². The molecule has 2 N–H and O–H groups in total. The molecule has 3 aromatic carbocycles. The number of halogens is 1. The molecule has 21 heavy (non-hydrogen) atoms. The van der Waals surface area contributed by atoms with E-state index in [1.165, 1.54) is 12.1 Å². The lowest BCUT2D eigenvalue weighted by Gasteiger charge is -2.03. The molecule has 0 radical (unpaired) electrons. The summed E-state index contributed by atoms with van der Waals surface area (Å²) in [5.41, 5.74) is 0.572. The van der Waals surface area contributed by atoms with Crippen LogP contribution in [-0.2, 0) is 0 Å². The van der Waals surface area contributed by atoms with Crippen LogP contribution >= 0.6 is 11.6 Å². The molecule has 104 valence electrons. The van der Waals surface area contributed by atoms with Gasteiger partial charge in [-0.2, -0.15) is 0 Å². The van der Waals surface area contributed by atoms with Crippen molar-refractivity contribution in [3.05, 3.63) is 59.6 Å². The Morgan fingerprint density at radius 1 is 0.810 bits per heavy atom. The second-order valence-corrected chi connectivity index (χ2v) is 4.92. The molecule has 0 unspecified atom stereocenters. The molecule has 0 bridgehead atoms. The highest BCUT2D eigenvalue weighted by molar-refractivity contribution is 6.30. The summed E-state index contributed by atoms with van der Waals surface area (Å²) in [5, 5.41) is 29.9. The fourth-order valence-corrected chi connectivity index (χ4v) is 2.18. The first-order valence-electron chi connectivity index (χ1n) is 6.26. The van der Waals surface area contributed by atoms with Crippen molar-refractivity contribution in [3.63, 3.8) is 0 Å². The van der Waals surface area contributed by atoms with Gasteiger partial charge in [-0.05, 0) is 29.7 Å². The highest BCUT2D eigenvalue weighted by Crippen LogP contribution is 2.37. The molecular weight excluding hydrogens is 288 g/mol. The standard InChI is InChI=1S/C16H11ClN2O2/c17-11-6-8-15(20)14(9-11)19-18-13-7-5-10-3-1-2-4-12(10)16(13)21/h1-9,20-21H. The second kappa shape index (κ2) is 5.42. The quantitative estimate of drug-likeness (QED) is 0.629. The van der Waals surface area contributed by atoms with Crippen molar-refractivity contribution >= 4 is 33.7 Å². The van der Waals surface area contributed by atoms with Gasteiger partial charge in [0, 0.05) is 10.4 Å². The molecule has 4 nitrogen and oxygen atoms in total. The van der Waals surface area contributed by atoms with Gasteiger partial charge in [-0.1, -0.05) is 41.9 Å². The Bertz CT molecular complexity index is 847. The number of fused-ring (bicyclic) bond motifs is 1. The van der Waals surface area contributed by atoms with Gasteiger partial charge in [0.25, 0.3) is 0 Å². The lowest BCUT2D eigenvalue weighted by atomic mass is 10.1. The number of aromatic hydroxyl groups is 2. The van der Waals surface area contributed by atoms with E-state index < -0.39 is 0 Å². The monoisotopic (exact) mass is 298 g/mol. The van der Waals surface area contributed by atoms with Crippen LogP contribution in [0.15, 0.2) is 64.8 Å². The second-order valence-electron chi connectivity index (χ2n) is 4.49. The smallest absolute Gasteiger partial charge is 0.150 e. The zero-order valence-corrected chi connectivity index (χ0v) is 11.6. The molecule has 0 aliphatic carbocycles. The van der Waals surface area contributed by atoms with E-state index in [4.69, 9.17) is 11.6 Å². The van der Waals surface area contributed by atoms with Crippen LogP contribution in [0.3, 0.4) is 0 Å². The van der Waals surface area contributed by atoms with Crippen LogP contribution in [0.5, 0.6) is 11.5 Å². The van der Waals surface area contributed by atoms with Crippen LogP contribution in [0.1, 0.15) is 0 Å². The topological polar surface area (TPSA) is 65.2 Å². The SMILES string of the molecule is Oc1ccc(Cl)cc1N=Nc1ccc2ccccc2c1O. The molecule has 0 aromatic heterocycles. The molecular formula is C16H11ClN2O2. The van der Waals surface area contributed by atoms with Crippen molar-refractivity contribution in [2.24, 2.45) is 10.2 Å². The Balaban J connectivity index is 2.03. The van der Waals surface area contributed by atoms with E-state index in [1.807, 2.05) is 24.3 Å². The van der Waals surface area contributed by atoms with Crippen LogP contribution < -0.4 is 0 Å². The van der Waals surface area contributed by atoms with Crippen LogP contribution in [0, 0.1) is 0 Å². The molecule has 0 aliphatic heterocycles. The van der Waals surface area contributed by atoms with E-state index in [0.717, 1.165) is 5.39 Å². The van der Waals surface area contributed by atoms with Crippen molar-refractivity contribution in [2.45, 2.75) is 0 Å². The largest absolute Gasteiger partial charge is 0.506 e. The molecule has 5 heteroatoms. The highest BCUT2D eigenvalue weighted by atomic mass is 35.5. The summed E-state index contributed by atoms with van der Waals surface area (Å²) in [4.78, 5) is 0. The van der Waals surface area contributed by atoms with Crippen molar-refractivity contribution in [2.75, 3.05) is 0 Å². The number of phenolic OH excluding ortho intramolecular Hbond substituents is 2. The minimum atomic E-state index is -0.0246. The summed E-state index contributed by atoms with van der Waals surface area (Å²) < 4.78 is 0. The Kier molecular flexibility index (Phi) is 3.46. The van der Waals surface area contributed by atoms with E-state index in [2.05, 4.69) is 10.2 Å². The molecule has 0 amide bonds. The van der Waals surface area contributed by atoms with Crippen LogP contribution in [0.4, 0.5) is 11.4 Å². The zero-order chi connectivity index (χ0) is 14.8. The van der Waals surface area contributed by atoms with Crippen LogP contribution in [0.2, 0.25) is 5.02 Å². The number of hydrogen-bond donors (Lipinski definition) is 2. The normalized spacial score (nSPS) is 11.3. The minimum Gasteiger partial charge on any atom is -0.506 e. The summed E-state index contributed by atoms with van der Waals surface area (Å²) in [5.74, 6) is 0.0294. The first-order chi connectivity index (χ1) is 10.1. The van der Waals surface area contributed by atoms with Gasteiger partial charge in [-0.25, -0.2) is 0 Å². The summed E-state index contributed by atoms with van der Waals surface area (Å²) in [6.45, 7) is 0. The van der Waals surface area contributed by atoms with Gasteiger partial charge in [0.2, 0.25) is 0 Å². The van der Waals surface area contributed by atoms with Gasteiger partial charge in [0.1, 0.15) is 17.1 Å². The predicted octanol–water partition coefficient (Wildman–Crippen LogP) is 5.32. The van der Waals surface area contributed by atoms with Crippen molar-refractivity contribution in [3.8, 4) is 11.5 Å². The highest BCUT2D eigenvalue weighted by Gasteiger charge is 2.06. The maximum absolute atomic E-state index is 10.2. The number of benzene rings is 3. The molecule has 3 aromatic rings. The molecule has 0 saturated heterocycles. The molecule has 0 fully saturated rings. The summed E-state index contributed by atoms with van der Waals surface area (Å²) in [7, 11) is 0. The van der Waals surface area contributed by atoms with E-state index >= 15 is 0 Å². The van der Waals surface area contributed by atoms with Crippen molar-refractivity contribution < 1.29 is 10.2 Å². The van der Waals surface area contributed by atoms with Gasteiger partial charge in [0.05, 0.1) is 0 Å². The Morgan fingerprint density at radius 3 is 2.43 bits per heavy atom. The fraction of sp³-hybridized carbons (Fsp3) is 0. The molecule has 0 aliphatic rings. The van der Waals surface area contributed by atoms with Gasteiger partial charge in [-0.3, -0.25) is 0 Å². The average molecular weight is 299 g/mol.